The Morgan fingerprint density at radius 1 is 1.33 bits per heavy atom. The van der Waals surface area contributed by atoms with Crippen LogP contribution in [0.25, 0.3) is 6.08 Å². The molecule has 1 heterocycles. The third-order valence-corrected chi connectivity index (χ3v) is 4.06. The smallest absolute Gasteiger partial charge is 0.140 e. The summed E-state index contributed by atoms with van der Waals surface area (Å²) in [6, 6.07) is 10.9. The molecule has 2 aromatic carbocycles. The maximum atomic E-state index is 10.3. The number of rotatable bonds is 2. The summed E-state index contributed by atoms with van der Waals surface area (Å²) in [7, 11) is 1.58. The summed E-state index contributed by atoms with van der Waals surface area (Å²) in [6.07, 6.45) is 0.948. The summed E-state index contributed by atoms with van der Waals surface area (Å²) >= 11 is 9.48. The molecule has 0 fully saturated rings. The van der Waals surface area contributed by atoms with Crippen molar-refractivity contribution in [3.05, 3.63) is 62.8 Å². The Hall–Kier alpha value is -1.49. The van der Waals surface area contributed by atoms with Gasteiger partial charge in [0.1, 0.15) is 23.4 Å². The second kappa shape index (κ2) is 5.72. The van der Waals surface area contributed by atoms with Crippen LogP contribution in [0.2, 0.25) is 5.02 Å². The second-order valence-electron chi connectivity index (χ2n) is 4.60. The number of aliphatic hydroxyl groups excluding tert-OH is 1. The van der Waals surface area contributed by atoms with Crippen LogP contribution < -0.4 is 9.47 Å². The fraction of sp³-hybridized carbons (Fsp3) is 0.125. The van der Waals surface area contributed by atoms with Crippen molar-refractivity contribution in [3.8, 4) is 11.5 Å². The Labute approximate surface area is 135 Å². The fourth-order valence-electron chi connectivity index (χ4n) is 2.30. The molecule has 0 amide bonds. The van der Waals surface area contributed by atoms with Gasteiger partial charge in [-0.3, -0.25) is 0 Å². The van der Waals surface area contributed by atoms with E-state index < -0.39 is 6.10 Å². The number of methoxy groups -OCH3 is 1. The van der Waals surface area contributed by atoms with E-state index in [0.717, 1.165) is 15.6 Å². The first-order valence-corrected chi connectivity index (χ1v) is 7.46. The molecule has 0 radical (unpaired) electrons. The number of para-hydroxylation sites is 1. The minimum atomic E-state index is -0.788. The van der Waals surface area contributed by atoms with E-state index in [2.05, 4.69) is 15.9 Å². The van der Waals surface area contributed by atoms with Gasteiger partial charge in [-0.2, -0.15) is 0 Å². The standard InChI is InChI=1S/C16H12BrClO3/c1-20-16-9(6-10(18)8-12(16)17)7-14-15(19)11-4-2-3-5-13(11)21-14/h2-8,15,19H,1H3. The molecule has 3 rings (SSSR count). The summed E-state index contributed by atoms with van der Waals surface area (Å²) in [6.45, 7) is 0. The molecule has 0 aromatic heterocycles. The van der Waals surface area contributed by atoms with Crippen LogP contribution in [-0.4, -0.2) is 12.2 Å². The van der Waals surface area contributed by atoms with Gasteiger partial charge in [0.15, 0.2) is 0 Å². The van der Waals surface area contributed by atoms with Crippen LogP contribution in [0.3, 0.4) is 0 Å². The molecule has 0 spiro atoms. The van der Waals surface area contributed by atoms with Gasteiger partial charge in [0.05, 0.1) is 11.6 Å². The van der Waals surface area contributed by atoms with E-state index in [9.17, 15) is 5.11 Å². The number of aliphatic hydroxyl groups is 1. The zero-order valence-corrected chi connectivity index (χ0v) is 13.5. The largest absolute Gasteiger partial charge is 0.495 e. The van der Waals surface area contributed by atoms with Crippen molar-refractivity contribution in [1.82, 2.24) is 0 Å². The van der Waals surface area contributed by atoms with Crippen LogP contribution in [0.15, 0.2) is 46.6 Å². The van der Waals surface area contributed by atoms with E-state index in [1.807, 2.05) is 24.3 Å². The molecule has 0 aliphatic carbocycles. The van der Waals surface area contributed by atoms with E-state index in [4.69, 9.17) is 21.1 Å². The lowest BCUT2D eigenvalue weighted by atomic mass is 10.1. The zero-order chi connectivity index (χ0) is 15.0. The molecule has 5 heteroatoms. The van der Waals surface area contributed by atoms with Crippen LogP contribution in [0.1, 0.15) is 17.2 Å². The van der Waals surface area contributed by atoms with Gasteiger partial charge in [0.25, 0.3) is 0 Å². The van der Waals surface area contributed by atoms with Crippen molar-refractivity contribution in [2.75, 3.05) is 7.11 Å². The van der Waals surface area contributed by atoms with Crippen LogP contribution in [-0.2, 0) is 0 Å². The minimum Gasteiger partial charge on any atom is -0.495 e. The van der Waals surface area contributed by atoms with Gasteiger partial charge in [0.2, 0.25) is 0 Å². The molecule has 0 saturated heterocycles. The minimum absolute atomic E-state index is 0.448. The third-order valence-electron chi connectivity index (χ3n) is 3.25. The molecular weight excluding hydrogens is 356 g/mol. The fourth-order valence-corrected chi connectivity index (χ4v) is 3.30. The molecule has 1 unspecified atom stereocenters. The Kier molecular flexibility index (Phi) is 3.93. The van der Waals surface area contributed by atoms with E-state index in [1.165, 1.54) is 0 Å². The lowest BCUT2D eigenvalue weighted by Gasteiger charge is -2.10. The van der Waals surface area contributed by atoms with E-state index in [-0.39, 0.29) is 0 Å². The monoisotopic (exact) mass is 366 g/mol. The summed E-state index contributed by atoms with van der Waals surface area (Å²) in [4.78, 5) is 0. The molecule has 1 aliphatic rings. The summed E-state index contributed by atoms with van der Waals surface area (Å²) in [5, 5.41) is 10.9. The molecule has 3 nitrogen and oxygen atoms in total. The Morgan fingerprint density at radius 3 is 2.81 bits per heavy atom. The summed E-state index contributed by atoms with van der Waals surface area (Å²) < 4.78 is 11.8. The first-order valence-electron chi connectivity index (χ1n) is 6.29. The highest BCUT2D eigenvalue weighted by Crippen LogP contribution is 2.41. The van der Waals surface area contributed by atoms with Crippen LogP contribution in [0.5, 0.6) is 11.5 Å². The zero-order valence-electron chi connectivity index (χ0n) is 11.1. The van der Waals surface area contributed by atoms with Crippen molar-refractivity contribution in [3.63, 3.8) is 0 Å². The maximum absolute atomic E-state index is 10.3. The lowest BCUT2D eigenvalue weighted by molar-refractivity contribution is 0.193. The Morgan fingerprint density at radius 2 is 2.10 bits per heavy atom. The summed E-state index contributed by atoms with van der Waals surface area (Å²) in [5.41, 5.74) is 1.49. The van der Waals surface area contributed by atoms with E-state index >= 15 is 0 Å². The van der Waals surface area contributed by atoms with Gasteiger partial charge in [0, 0.05) is 16.1 Å². The molecule has 1 N–H and O–H groups in total. The number of ether oxygens (including phenoxy) is 2. The first kappa shape index (κ1) is 14.4. The average Bonchev–Trinajstić information content (AvgIpc) is 2.76. The van der Waals surface area contributed by atoms with E-state index in [1.54, 1.807) is 25.3 Å². The van der Waals surface area contributed by atoms with Crippen LogP contribution in [0, 0.1) is 0 Å². The van der Waals surface area contributed by atoms with Crippen LogP contribution >= 0.6 is 27.5 Å². The highest BCUT2D eigenvalue weighted by molar-refractivity contribution is 9.10. The lowest BCUT2D eigenvalue weighted by Crippen LogP contribution is -1.98. The van der Waals surface area contributed by atoms with Crippen molar-refractivity contribution < 1.29 is 14.6 Å². The number of hydrogen-bond donors (Lipinski definition) is 1. The molecule has 1 aliphatic heterocycles. The quantitative estimate of drug-likeness (QED) is 0.844. The molecular formula is C16H12BrClO3. The van der Waals surface area contributed by atoms with Gasteiger partial charge in [-0.1, -0.05) is 29.8 Å². The molecule has 2 aromatic rings. The number of hydrogen-bond acceptors (Lipinski definition) is 3. The highest BCUT2D eigenvalue weighted by Gasteiger charge is 2.27. The average molecular weight is 368 g/mol. The topological polar surface area (TPSA) is 38.7 Å². The van der Waals surface area contributed by atoms with Crippen molar-refractivity contribution in [2.45, 2.75) is 6.10 Å². The molecule has 1 atom stereocenters. The normalized spacial score (nSPS) is 18.5. The third kappa shape index (κ3) is 2.67. The number of benzene rings is 2. The summed E-state index contributed by atoms with van der Waals surface area (Å²) in [5.74, 6) is 1.75. The van der Waals surface area contributed by atoms with Gasteiger partial charge >= 0.3 is 0 Å². The molecule has 0 bridgehead atoms. The predicted octanol–water partition coefficient (Wildman–Crippen LogP) is 4.58. The van der Waals surface area contributed by atoms with Gasteiger partial charge in [-0.05, 0) is 40.2 Å². The maximum Gasteiger partial charge on any atom is 0.140 e. The van der Waals surface area contributed by atoms with Gasteiger partial charge in [-0.25, -0.2) is 0 Å². The predicted molar refractivity (Wildman–Crippen MR) is 85.7 cm³/mol. The second-order valence-corrected chi connectivity index (χ2v) is 5.89. The SMILES string of the molecule is COc1c(Br)cc(Cl)cc1C=C1Oc2ccccc2C1O. The first-order chi connectivity index (χ1) is 10.1. The highest BCUT2D eigenvalue weighted by atomic mass is 79.9. The van der Waals surface area contributed by atoms with Crippen LogP contribution in [0.4, 0.5) is 0 Å². The van der Waals surface area contributed by atoms with Crippen molar-refractivity contribution >= 4 is 33.6 Å². The molecule has 0 saturated carbocycles. The Bertz CT molecular complexity index is 727. The van der Waals surface area contributed by atoms with E-state index in [0.29, 0.717) is 22.3 Å². The Balaban J connectivity index is 2.05. The van der Waals surface area contributed by atoms with Gasteiger partial charge in [-0.15, -0.1) is 0 Å². The van der Waals surface area contributed by atoms with Crippen molar-refractivity contribution in [1.29, 1.82) is 0 Å². The van der Waals surface area contributed by atoms with Crippen molar-refractivity contribution in [2.24, 2.45) is 0 Å². The molecule has 108 valence electrons. The number of fused-ring (bicyclic) bond motifs is 1. The number of halogens is 2. The molecule has 21 heavy (non-hydrogen) atoms. The van der Waals surface area contributed by atoms with Gasteiger partial charge < -0.3 is 14.6 Å².